The molecule has 0 aliphatic rings. The molecule has 0 aliphatic carbocycles. The van der Waals surface area contributed by atoms with Crippen LogP contribution >= 0.6 is 0 Å². The molecule has 0 fully saturated rings. The molecular formula is C16H20N4O. The Balaban J connectivity index is 2.02. The minimum atomic E-state index is 0.510. The highest BCUT2D eigenvalue weighted by Gasteiger charge is 2.03. The minimum absolute atomic E-state index is 0.510. The van der Waals surface area contributed by atoms with Crippen LogP contribution in [0.2, 0.25) is 0 Å². The van der Waals surface area contributed by atoms with E-state index in [0.717, 1.165) is 22.6 Å². The van der Waals surface area contributed by atoms with E-state index in [1.165, 1.54) is 0 Å². The lowest BCUT2D eigenvalue weighted by Crippen LogP contribution is -2.36. The number of hydrogen-bond acceptors (Lipinski definition) is 3. The van der Waals surface area contributed by atoms with Gasteiger partial charge in [0.15, 0.2) is 0 Å². The van der Waals surface area contributed by atoms with Crippen molar-refractivity contribution in [1.29, 1.82) is 0 Å². The first-order valence-corrected chi connectivity index (χ1v) is 6.70. The summed E-state index contributed by atoms with van der Waals surface area (Å²) in [6.07, 6.45) is 0. The van der Waals surface area contributed by atoms with Crippen LogP contribution in [-0.4, -0.2) is 13.0 Å². The molecule has 0 saturated carbocycles. The van der Waals surface area contributed by atoms with Crippen LogP contribution in [0.4, 0.5) is 5.69 Å². The number of hydrazine groups is 1. The molecule has 0 atom stereocenters. The van der Waals surface area contributed by atoms with Crippen LogP contribution in [0.1, 0.15) is 11.1 Å². The summed E-state index contributed by atoms with van der Waals surface area (Å²) in [7, 11) is 1.66. The number of hydrogen-bond donors (Lipinski definition) is 3. The molecule has 110 valence electrons. The molecule has 0 radical (unpaired) electrons. The van der Waals surface area contributed by atoms with Crippen molar-refractivity contribution in [3.8, 4) is 5.75 Å². The van der Waals surface area contributed by atoms with Crippen LogP contribution in [0, 0.1) is 6.92 Å². The van der Waals surface area contributed by atoms with Gasteiger partial charge in [0.2, 0.25) is 5.96 Å². The van der Waals surface area contributed by atoms with Gasteiger partial charge in [-0.1, -0.05) is 30.3 Å². The van der Waals surface area contributed by atoms with E-state index in [0.29, 0.717) is 12.6 Å². The minimum Gasteiger partial charge on any atom is -0.489 e. The van der Waals surface area contributed by atoms with Gasteiger partial charge in [0.1, 0.15) is 12.4 Å². The van der Waals surface area contributed by atoms with Gasteiger partial charge in [-0.2, -0.15) is 0 Å². The third-order valence-electron chi connectivity index (χ3n) is 3.06. The van der Waals surface area contributed by atoms with Gasteiger partial charge in [0, 0.05) is 12.7 Å². The second kappa shape index (κ2) is 7.31. The summed E-state index contributed by atoms with van der Waals surface area (Å²) in [5.41, 5.74) is 5.62. The highest BCUT2D eigenvalue weighted by molar-refractivity contribution is 5.93. The smallest absolute Gasteiger partial charge is 0.209 e. The fraction of sp³-hybridized carbons (Fsp3) is 0.188. The molecule has 21 heavy (non-hydrogen) atoms. The molecule has 0 saturated heterocycles. The summed E-state index contributed by atoms with van der Waals surface area (Å²) < 4.78 is 5.79. The third-order valence-corrected chi connectivity index (χ3v) is 3.06. The van der Waals surface area contributed by atoms with Crippen LogP contribution in [0.5, 0.6) is 5.75 Å². The van der Waals surface area contributed by atoms with Crippen molar-refractivity contribution in [2.75, 3.05) is 12.4 Å². The van der Waals surface area contributed by atoms with E-state index in [-0.39, 0.29) is 0 Å². The van der Waals surface area contributed by atoms with Crippen molar-refractivity contribution in [3.05, 3.63) is 59.7 Å². The van der Waals surface area contributed by atoms with Crippen LogP contribution in [-0.2, 0) is 6.61 Å². The van der Waals surface area contributed by atoms with Gasteiger partial charge >= 0.3 is 0 Å². The molecule has 5 heteroatoms. The zero-order valence-corrected chi connectivity index (χ0v) is 12.3. The monoisotopic (exact) mass is 284 g/mol. The maximum atomic E-state index is 5.79. The van der Waals surface area contributed by atoms with Crippen LogP contribution in [0.3, 0.4) is 0 Å². The molecule has 2 rings (SSSR count). The number of nitrogens with zero attached hydrogens (tertiary/aromatic N) is 1. The van der Waals surface area contributed by atoms with Gasteiger partial charge in [-0.3, -0.25) is 10.4 Å². The highest BCUT2D eigenvalue weighted by Crippen LogP contribution is 2.22. The van der Waals surface area contributed by atoms with E-state index >= 15 is 0 Å². The summed E-state index contributed by atoms with van der Waals surface area (Å²) in [4.78, 5) is 3.98. The second-order valence-corrected chi connectivity index (χ2v) is 4.59. The molecule has 0 unspecified atom stereocenters. The molecule has 5 nitrogen and oxygen atoms in total. The molecule has 0 amide bonds. The van der Waals surface area contributed by atoms with Gasteiger partial charge in [-0.15, -0.1) is 0 Å². The third kappa shape index (κ3) is 4.22. The molecule has 4 N–H and O–H groups in total. The van der Waals surface area contributed by atoms with E-state index in [4.69, 9.17) is 10.6 Å². The summed E-state index contributed by atoms with van der Waals surface area (Å²) in [5.74, 6) is 6.70. The van der Waals surface area contributed by atoms with Crippen LogP contribution < -0.4 is 21.3 Å². The maximum absolute atomic E-state index is 5.79. The first kappa shape index (κ1) is 14.9. The summed E-state index contributed by atoms with van der Waals surface area (Å²) in [6.45, 7) is 2.56. The average molecular weight is 284 g/mol. The lowest BCUT2D eigenvalue weighted by molar-refractivity contribution is 0.306. The number of anilines is 1. The zero-order valence-electron chi connectivity index (χ0n) is 12.3. The molecule has 0 spiro atoms. The van der Waals surface area contributed by atoms with Crippen molar-refractivity contribution < 1.29 is 4.74 Å². The maximum Gasteiger partial charge on any atom is 0.209 e. The Kier molecular flexibility index (Phi) is 5.17. The average Bonchev–Trinajstić information content (AvgIpc) is 2.53. The molecule has 0 heterocycles. The van der Waals surface area contributed by atoms with E-state index in [9.17, 15) is 0 Å². The number of nitrogens with two attached hydrogens (primary N) is 1. The fourth-order valence-corrected chi connectivity index (χ4v) is 1.89. The van der Waals surface area contributed by atoms with Gasteiger partial charge < -0.3 is 10.1 Å². The SMILES string of the molecule is CN=C(NN)Nc1ccc(OCc2ccccc2)cc1C. The molecule has 2 aromatic rings. The fourth-order valence-electron chi connectivity index (χ4n) is 1.89. The zero-order chi connectivity index (χ0) is 15.1. The van der Waals surface area contributed by atoms with Crippen molar-refractivity contribution in [2.24, 2.45) is 10.8 Å². The first-order valence-electron chi connectivity index (χ1n) is 6.70. The van der Waals surface area contributed by atoms with Gasteiger partial charge in [-0.25, -0.2) is 5.84 Å². The number of ether oxygens (including phenoxy) is 1. The Morgan fingerprint density at radius 1 is 1.19 bits per heavy atom. The Morgan fingerprint density at radius 3 is 2.57 bits per heavy atom. The number of nitrogens with one attached hydrogen (secondary N) is 2. The second-order valence-electron chi connectivity index (χ2n) is 4.59. The summed E-state index contributed by atoms with van der Waals surface area (Å²) in [6, 6.07) is 15.9. The van der Waals surface area contributed by atoms with E-state index in [2.05, 4.69) is 15.7 Å². The molecule has 0 bridgehead atoms. The van der Waals surface area contributed by atoms with Crippen molar-refractivity contribution in [3.63, 3.8) is 0 Å². The molecular weight excluding hydrogens is 264 g/mol. The Morgan fingerprint density at radius 2 is 1.95 bits per heavy atom. The van der Waals surface area contributed by atoms with E-state index < -0.39 is 0 Å². The molecule has 2 aromatic carbocycles. The number of aryl methyl sites for hydroxylation is 1. The van der Waals surface area contributed by atoms with Crippen molar-refractivity contribution >= 4 is 11.6 Å². The van der Waals surface area contributed by atoms with Crippen LogP contribution in [0.25, 0.3) is 0 Å². The Bertz CT molecular complexity index is 611. The molecule has 0 aromatic heterocycles. The summed E-state index contributed by atoms with van der Waals surface area (Å²) >= 11 is 0. The first-order chi connectivity index (χ1) is 10.2. The van der Waals surface area contributed by atoms with Crippen molar-refractivity contribution in [2.45, 2.75) is 13.5 Å². The largest absolute Gasteiger partial charge is 0.489 e. The lowest BCUT2D eigenvalue weighted by atomic mass is 10.2. The van der Waals surface area contributed by atoms with E-state index in [1.807, 2.05) is 55.5 Å². The number of benzene rings is 2. The van der Waals surface area contributed by atoms with Gasteiger partial charge in [-0.05, 0) is 36.2 Å². The highest BCUT2D eigenvalue weighted by atomic mass is 16.5. The predicted molar refractivity (Wildman–Crippen MR) is 86.3 cm³/mol. The Labute approximate surface area is 124 Å². The quantitative estimate of drug-likeness (QED) is 0.349. The van der Waals surface area contributed by atoms with Gasteiger partial charge in [0.05, 0.1) is 0 Å². The molecule has 0 aliphatic heterocycles. The standard InChI is InChI=1S/C16H20N4O/c1-12-10-14(21-11-13-6-4-3-5-7-13)8-9-15(12)19-16(18-2)20-17/h3-10H,11,17H2,1-2H3,(H2,18,19,20). The number of guanidine groups is 1. The number of rotatable bonds is 4. The van der Waals surface area contributed by atoms with E-state index in [1.54, 1.807) is 7.05 Å². The van der Waals surface area contributed by atoms with Gasteiger partial charge in [0.25, 0.3) is 0 Å². The lowest BCUT2D eigenvalue weighted by Gasteiger charge is -2.13. The number of aliphatic imine (C=N–C) groups is 1. The normalized spacial score (nSPS) is 11.1. The van der Waals surface area contributed by atoms with Crippen LogP contribution in [0.15, 0.2) is 53.5 Å². The Hall–Kier alpha value is -2.53. The topological polar surface area (TPSA) is 71.7 Å². The summed E-state index contributed by atoms with van der Waals surface area (Å²) in [5, 5.41) is 3.11. The predicted octanol–water partition coefficient (Wildman–Crippen LogP) is 2.44. The van der Waals surface area contributed by atoms with Crippen molar-refractivity contribution in [1.82, 2.24) is 5.43 Å².